The van der Waals surface area contributed by atoms with Crippen molar-refractivity contribution in [3.63, 3.8) is 0 Å². The standard InChI is InChI=1S/C20H23NO4/c1-13-10-17(8-9-25-13)20(24)21-18(12-19(22)23)16-7-6-14-4-2-3-5-15(14)11-16/h2-7,11,13,17-18H,8-10,12H2,1H3,(H,21,24)(H,22,23)/t13?,17?,18-/m0/s1. The Morgan fingerprint density at radius 2 is 2.00 bits per heavy atom. The third kappa shape index (κ3) is 4.37. The van der Waals surface area contributed by atoms with Crippen molar-refractivity contribution in [2.45, 2.75) is 38.3 Å². The van der Waals surface area contributed by atoms with E-state index in [4.69, 9.17) is 4.74 Å². The minimum atomic E-state index is -0.932. The van der Waals surface area contributed by atoms with Gasteiger partial charge in [-0.05, 0) is 42.2 Å². The normalized spacial score (nSPS) is 21.6. The molecule has 0 radical (unpaired) electrons. The van der Waals surface area contributed by atoms with Crippen molar-refractivity contribution < 1.29 is 19.4 Å². The first-order chi connectivity index (χ1) is 12.0. The number of carboxylic acid groups (broad SMARTS) is 1. The molecule has 5 heteroatoms. The van der Waals surface area contributed by atoms with E-state index in [2.05, 4.69) is 5.32 Å². The summed E-state index contributed by atoms with van der Waals surface area (Å²) in [7, 11) is 0. The SMILES string of the molecule is CC1CC(C(=O)N[C@@H](CC(=O)O)c2ccc3ccccc3c2)CCO1. The van der Waals surface area contributed by atoms with Gasteiger partial charge in [0.1, 0.15) is 0 Å². The van der Waals surface area contributed by atoms with Crippen LogP contribution in [0.4, 0.5) is 0 Å². The number of carbonyl (C=O) groups is 2. The molecule has 0 aliphatic carbocycles. The zero-order valence-electron chi connectivity index (χ0n) is 14.3. The van der Waals surface area contributed by atoms with Gasteiger partial charge in [0.25, 0.3) is 0 Å². The summed E-state index contributed by atoms with van der Waals surface area (Å²) in [6, 6.07) is 13.2. The van der Waals surface area contributed by atoms with Gasteiger partial charge in [0.15, 0.2) is 0 Å². The summed E-state index contributed by atoms with van der Waals surface area (Å²) in [6.07, 6.45) is 1.27. The van der Waals surface area contributed by atoms with Gasteiger partial charge in [-0.2, -0.15) is 0 Å². The van der Waals surface area contributed by atoms with Crippen LogP contribution in [0, 0.1) is 5.92 Å². The Bertz CT molecular complexity index is 773. The summed E-state index contributed by atoms with van der Waals surface area (Å²) in [5.41, 5.74) is 0.814. The third-order valence-electron chi connectivity index (χ3n) is 4.73. The number of ether oxygens (including phenoxy) is 1. The minimum absolute atomic E-state index is 0.0584. The molecule has 0 spiro atoms. The molecule has 3 atom stereocenters. The molecule has 2 unspecified atom stereocenters. The molecule has 2 N–H and O–H groups in total. The number of benzene rings is 2. The lowest BCUT2D eigenvalue weighted by atomic mass is 9.93. The smallest absolute Gasteiger partial charge is 0.305 e. The van der Waals surface area contributed by atoms with Crippen LogP contribution in [0.15, 0.2) is 42.5 Å². The first kappa shape index (κ1) is 17.4. The average Bonchev–Trinajstić information content (AvgIpc) is 2.60. The van der Waals surface area contributed by atoms with Crippen LogP contribution < -0.4 is 5.32 Å². The molecule has 5 nitrogen and oxygen atoms in total. The molecule has 2 aromatic rings. The van der Waals surface area contributed by atoms with Crippen molar-refractivity contribution in [1.29, 1.82) is 0 Å². The summed E-state index contributed by atoms with van der Waals surface area (Å²) in [6.45, 7) is 2.52. The molecular formula is C20H23NO4. The van der Waals surface area contributed by atoms with E-state index in [0.29, 0.717) is 19.4 Å². The fourth-order valence-corrected chi connectivity index (χ4v) is 3.38. The van der Waals surface area contributed by atoms with Crippen molar-refractivity contribution in [2.24, 2.45) is 5.92 Å². The van der Waals surface area contributed by atoms with Crippen LogP contribution in [0.2, 0.25) is 0 Å². The molecule has 1 amide bonds. The Kier molecular flexibility index (Phi) is 5.34. The van der Waals surface area contributed by atoms with Gasteiger partial charge in [0.2, 0.25) is 5.91 Å². The molecule has 1 aliphatic heterocycles. The number of carboxylic acids is 1. The molecule has 0 saturated carbocycles. The van der Waals surface area contributed by atoms with Gasteiger partial charge < -0.3 is 15.2 Å². The number of nitrogens with one attached hydrogen (secondary N) is 1. The van der Waals surface area contributed by atoms with Gasteiger partial charge in [-0.3, -0.25) is 9.59 Å². The number of amides is 1. The summed E-state index contributed by atoms with van der Waals surface area (Å²) in [5.74, 6) is -1.14. The maximum absolute atomic E-state index is 12.6. The lowest BCUT2D eigenvalue weighted by molar-refractivity contribution is -0.138. The van der Waals surface area contributed by atoms with E-state index in [-0.39, 0.29) is 24.3 Å². The number of hydrogen-bond acceptors (Lipinski definition) is 3. The van der Waals surface area contributed by atoms with E-state index in [1.807, 2.05) is 49.4 Å². The molecule has 1 heterocycles. The van der Waals surface area contributed by atoms with Gasteiger partial charge in [-0.15, -0.1) is 0 Å². The van der Waals surface area contributed by atoms with Crippen LogP contribution in [-0.4, -0.2) is 29.7 Å². The summed E-state index contributed by atoms with van der Waals surface area (Å²) in [4.78, 5) is 23.9. The quantitative estimate of drug-likeness (QED) is 0.875. The lowest BCUT2D eigenvalue weighted by Gasteiger charge is -2.28. The molecule has 1 aliphatic rings. The van der Waals surface area contributed by atoms with Gasteiger partial charge in [0, 0.05) is 12.5 Å². The van der Waals surface area contributed by atoms with E-state index >= 15 is 0 Å². The maximum atomic E-state index is 12.6. The number of rotatable bonds is 5. The van der Waals surface area contributed by atoms with Crippen molar-refractivity contribution in [3.8, 4) is 0 Å². The Morgan fingerprint density at radius 3 is 2.72 bits per heavy atom. The van der Waals surface area contributed by atoms with E-state index < -0.39 is 12.0 Å². The first-order valence-corrected chi connectivity index (χ1v) is 8.65. The molecule has 132 valence electrons. The van der Waals surface area contributed by atoms with Crippen LogP contribution >= 0.6 is 0 Å². The average molecular weight is 341 g/mol. The molecule has 25 heavy (non-hydrogen) atoms. The highest BCUT2D eigenvalue weighted by Crippen LogP contribution is 2.25. The second-order valence-electron chi connectivity index (χ2n) is 6.67. The highest BCUT2D eigenvalue weighted by molar-refractivity contribution is 5.84. The van der Waals surface area contributed by atoms with Crippen LogP contribution in [0.25, 0.3) is 10.8 Å². The topological polar surface area (TPSA) is 75.6 Å². The Morgan fingerprint density at radius 1 is 1.24 bits per heavy atom. The zero-order valence-corrected chi connectivity index (χ0v) is 14.3. The van der Waals surface area contributed by atoms with E-state index in [1.54, 1.807) is 0 Å². The van der Waals surface area contributed by atoms with E-state index in [0.717, 1.165) is 16.3 Å². The van der Waals surface area contributed by atoms with Crippen molar-refractivity contribution in [2.75, 3.05) is 6.61 Å². The van der Waals surface area contributed by atoms with Gasteiger partial charge in [-0.25, -0.2) is 0 Å². The molecule has 1 fully saturated rings. The van der Waals surface area contributed by atoms with Crippen LogP contribution in [0.3, 0.4) is 0 Å². The van der Waals surface area contributed by atoms with Gasteiger partial charge >= 0.3 is 5.97 Å². The fourth-order valence-electron chi connectivity index (χ4n) is 3.38. The predicted octanol–water partition coefficient (Wildman–Crippen LogP) is 3.29. The first-order valence-electron chi connectivity index (χ1n) is 8.65. The number of carbonyl (C=O) groups excluding carboxylic acids is 1. The van der Waals surface area contributed by atoms with Crippen molar-refractivity contribution >= 4 is 22.6 Å². The van der Waals surface area contributed by atoms with E-state index in [9.17, 15) is 14.7 Å². The summed E-state index contributed by atoms with van der Waals surface area (Å²) in [5, 5.41) is 14.3. The number of fused-ring (bicyclic) bond motifs is 1. The highest BCUT2D eigenvalue weighted by Gasteiger charge is 2.28. The van der Waals surface area contributed by atoms with Crippen molar-refractivity contribution in [3.05, 3.63) is 48.0 Å². The van der Waals surface area contributed by atoms with Crippen molar-refractivity contribution in [1.82, 2.24) is 5.32 Å². The fraction of sp³-hybridized carbons (Fsp3) is 0.400. The lowest BCUT2D eigenvalue weighted by Crippen LogP contribution is -2.39. The second-order valence-corrected chi connectivity index (χ2v) is 6.67. The zero-order chi connectivity index (χ0) is 17.8. The second kappa shape index (κ2) is 7.66. The maximum Gasteiger partial charge on any atom is 0.305 e. The van der Waals surface area contributed by atoms with Crippen LogP contribution in [-0.2, 0) is 14.3 Å². The highest BCUT2D eigenvalue weighted by atomic mass is 16.5. The van der Waals surface area contributed by atoms with Gasteiger partial charge in [0.05, 0.1) is 18.6 Å². The van der Waals surface area contributed by atoms with Gasteiger partial charge in [-0.1, -0.05) is 36.4 Å². The van der Waals surface area contributed by atoms with Crippen LogP contribution in [0.1, 0.15) is 37.8 Å². The largest absolute Gasteiger partial charge is 0.481 e. The molecule has 1 saturated heterocycles. The summed E-state index contributed by atoms with van der Waals surface area (Å²) >= 11 is 0. The Balaban J connectivity index is 1.80. The number of aliphatic carboxylic acids is 1. The summed E-state index contributed by atoms with van der Waals surface area (Å²) < 4.78 is 5.49. The molecule has 0 bridgehead atoms. The Hall–Kier alpha value is -2.40. The minimum Gasteiger partial charge on any atom is -0.481 e. The van der Waals surface area contributed by atoms with Crippen LogP contribution in [0.5, 0.6) is 0 Å². The van der Waals surface area contributed by atoms with E-state index in [1.165, 1.54) is 0 Å². The molecular weight excluding hydrogens is 318 g/mol. The predicted molar refractivity (Wildman–Crippen MR) is 95.2 cm³/mol. The third-order valence-corrected chi connectivity index (χ3v) is 4.73. The number of hydrogen-bond donors (Lipinski definition) is 2. The molecule has 3 rings (SSSR count). The molecule has 2 aromatic carbocycles. The monoisotopic (exact) mass is 341 g/mol. The molecule has 0 aromatic heterocycles. The Labute approximate surface area is 147 Å².